The van der Waals surface area contributed by atoms with Crippen LogP contribution in [0.5, 0.6) is 0 Å². The molecule has 0 aliphatic heterocycles. The maximum atomic E-state index is 12.3. The lowest BCUT2D eigenvalue weighted by Crippen LogP contribution is -2.12. The number of aryl methyl sites for hydroxylation is 2. The van der Waals surface area contributed by atoms with Crippen LogP contribution >= 0.6 is 22.9 Å². The van der Waals surface area contributed by atoms with Crippen molar-refractivity contribution < 1.29 is 9.32 Å². The van der Waals surface area contributed by atoms with Gasteiger partial charge in [-0.15, -0.1) is 11.3 Å². The third-order valence-electron chi connectivity index (χ3n) is 4.23. The molecule has 0 fully saturated rings. The Morgan fingerprint density at radius 2 is 1.83 bits per heavy atom. The van der Waals surface area contributed by atoms with Crippen molar-refractivity contribution in [1.29, 1.82) is 0 Å². The molecule has 0 bridgehead atoms. The molecule has 4 rings (SSSR count). The molecule has 29 heavy (non-hydrogen) atoms. The van der Waals surface area contributed by atoms with E-state index in [0.29, 0.717) is 28.3 Å². The molecule has 6 nitrogen and oxygen atoms in total. The van der Waals surface area contributed by atoms with Crippen molar-refractivity contribution in [3.63, 3.8) is 0 Å². The van der Waals surface area contributed by atoms with E-state index < -0.39 is 0 Å². The lowest BCUT2D eigenvalue weighted by atomic mass is 10.1. The molecule has 2 aromatic carbocycles. The fourth-order valence-corrected chi connectivity index (χ4v) is 3.77. The van der Waals surface area contributed by atoms with Gasteiger partial charge in [0.1, 0.15) is 0 Å². The van der Waals surface area contributed by atoms with Crippen molar-refractivity contribution in [1.82, 2.24) is 15.1 Å². The van der Waals surface area contributed by atoms with Crippen LogP contribution in [0.1, 0.15) is 17.2 Å². The summed E-state index contributed by atoms with van der Waals surface area (Å²) in [6.45, 7) is 1.97. The van der Waals surface area contributed by atoms with Crippen LogP contribution in [0, 0.1) is 6.92 Å². The molecule has 0 saturated heterocycles. The Balaban J connectivity index is 1.36. The van der Waals surface area contributed by atoms with Gasteiger partial charge >= 0.3 is 0 Å². The SMILES string of the molecule is Cc1sc(NC(=O)CCc2nc(-c3ccccc3)no2)nc1-c1ccc(Cl)cc1. The molecular formula is C21H17ClN4O2S. The first-order valence-electron chi connectivity index (χ1n) is 9.00. The Morgan fingerprint density at radius 3 is 2.59 bits per heavy atom. The number of nitrogens with zero attached hydrogens (tertiary/aromatic N) is 3. The molecule has 2 heterocycles. The summed E-state index contributed by atoms with van der Waals surface area (Å²) in [5, 5.41) is 8.05. The third kappa shape index (κ3) is 4.70. The molecule has 0 saturated carbocycles. The molecule has 0 aliphatic carbocycles. The van der Waals surface area contributed by atoms with E-state index in [0.717, 1.165) is 21.7 Å². The van der Waals surface area contributed by atoms with Crippen LogP contribution in [0.4, 0.5) is 5.13 Å². The number of thiazole rings is 1. The average Bonchev–Trinajstić information content (AvgIpc) is 3.34. The molecule has 1 N–H and O–H groups in total. The summed E-state index contributed by atoms with van der Waals surface area (Å²) in [5.41, 5.74) is 2.68. The van der Waals surface area contributed by atoms with Crippen LogP contribution in [-0.4, -0.2) is 21.0 Å². The minimum atomic E-state index is -0.152. The van der Waals surface area contributed by atoms with Gasteiger partial charge in [-0.05, 0) is 19.1 Å². The molecule has 146 valence electrons. The van der Waals surface area contributed by atoms with Crippen LogP contribution in [-0.2, 0) is 11.2 Å². The number of hydrogen-bond donors (Lipinski definition) is 1. The maximum absolute atomic E-state index is 12.3. The number of anilines is 1. The largest absolute Gasteiger partial charge is 0.339 e. The van der Waals surface area contributed by atoms with Crippen LogP contribution in [0.15, 0.2) is 59.1 Å². The highest BCUT2D eigenvalue weighted by Gasteiger charge is 2.14. The fourth-order valence-electron chi connectivity index (χ4n) is 2.79. The maximum Gasteiger partial charge on any atom is 0.227 e. The average molecular weight is 425 g/mol. The molecular weight excluding hydrogens is 408 g/mol. The summed E-state index contributed by atoms with van der Waals surface area (Å²) in [7, 11) is 0. The summed E-state index contributed by atoms with van der Waals surface area (Å²) in [5.74, 6) is 0.793. The number of benzene rings is 2. The summed E-state index contributed by atoms with van der Waals surface area (Å²) < 4.78 is 5.25. The Bertz CT molecular complexity index is 1120. The van der Waals surface area contributed by atoms with E-state index in [2.05, 4.69) is 20.4 Å². The molecule has 0 radical (unpaired) electrons. The molecule has 0 spiro atoms. The van der Waals surface area contributed by atoms with Crippen LogP contribution in [0.3, 0.4) is 0 Å². The predicted molar refractivity (Wildman–Crippen MR) is 114 cm³/mol. The first kappa shape index (κ1) is 19.3. The topological polar surface area (TPSA) is 80.9 Å². The van der Waals surface area contributed by atoms with Gasteiger partial charge in [0.05, 0.1) is 5.69 Å². The third-order valence-corrected chi connectivity index (χ3v) is 5.36. The molecule has 0 aliphatic rings. The van der Waals surface area contributed by atoms with Gasteiger partial charge in [-0.3, -0.25) is 4.79 Å². The highest BCUT2D eigenvalue weighted by atomic mass is 35.5. The van der Waals surface area contributed by atoms with E-state index in [1.807, 2.05) is 61.5 Å². The second-order valence-corrected chi connectivity index (χ2v) is 8.00. The Labute approximate surface area is 176 Å². The second-order valence-electron chi connectivity index (χ2n) is 6.36. The molecule has 1 amide bonds. The van der Waals surface area contributed by atoms with Gasteiger partial charge in [0.25, 0.3) is 0 Å². The summed E-state index contributed by atoms with van der Waals surface area (Å²) in [6, 6.07) is 17.0. The first-order chi connectivity index (χ1) is 14.1. The van der Waals surface area contributed by atoms with Crippen molar-refractivity contribution in [3.8, 4) is 22.6 Å². The lowest BCUT2D eigenvalue weighted by molar-refractivity contribution is -0.116. The monoisotopic (exact) mass is 424 g/mol. The van der Waals surface area contributed by atoms with Crippen LogP contribution < -0.4 is 5.32 Å². The minimum absolute atomic E-state index is 0.152. The zero-order valence-electron chi connectivity index (χ0n) is 15.6. The highest BCUT2D eigenvalue weighted by molar-refractivity contribution is 7.16. The summed E-state index contributed by atoms with van der Waals surface area (Å²) in [4.78, 5) is 22.2. The molecule has 0 atom stereocenters. The van der Waals surface area contributed by atoms with E-state index in [9.17, 15) is 4.79 Å². The van der Waals surface area contributed by atoms with Crippen molar-refractivity contribution >= 4 is 34.0 Å². The Kier molecular flexibility index (Phi) is 5.69. The highest BCUT2D eigenvalue weighted by Crippen LogP contribution is 2.31. The van der Waals surface area contributed by atoms with Crippen molar-refractivity contribution in [2.24, 2.45) is 0 Å². The van der Waals surface area contributed by atoms with E-state index in [-0.39, 0.29) is 12.3 Å². The van der Waals surface area contributed by atoms with Gasteiger partial charge in [0.15, 0.2) is 5.13 Å². The number of rotatable bonds is 6. The quantitative estimate of drug-likeness (QED) is 0.448. The smallest absolute Gasteiger partial charge is 0.227 e. The number of amides is 1. The number of carbonyl (C=O) groups is 1. The van der Waals surface area contributed by atoms with E-state index >= 15 is 0 Å². The number of carbonyl (C=O) groups excluding carboxylic acids is 1. The van der Waals surface area contributed by atoms with E-state index in [1.165, 1.54) is 11.3 Å². The minimum Gasteiger partial charge on any atom is -0.339 e. The Morgan fingerprint density at radius 1 is 1.07 bits per heavy atom. The van der Waals surface area contributed by atoms with Gasteiger partial charge in [-0.25, -0.2) is 4.98 Å². The number of nitrogens with one attached hydrogen (secondary N) is 1. The standard InChI is InChI=1S/C21H17ClN4O2S/c1-13-19(14-7-9-16(22)10-8-14)25-21(29-13)23-17(27)11-12-18-24-20(26-28-18)15-5-3-2-4-6-15/h2-10H,11-12H2,1H3,(H,23,25,27). The zero-order chi connectivity index (χ0) is 20.2. The Hall–Kier alpha value is -3.03. The van der Waals surface area contributed by atoms with Crippen LogP contribution in [0.2, 0.25) is 5.02 Å². The van der Waals surface area contributed by atoms with E-state index in [1.54, 1.807) is 0 Å². The molecule has 4 aromatic rings. The van der Waals surface area contributed by atoms with Crippen molar-refractivity contribution in [3.05, 3.63) is 70.4 Å². The summed E-state index contributed by atoms with van der Waals surface area (Å²) >= 11 is 7.38. The van der Waals surface area contributed by atoms with Crippen molar-refractivity contribution in [2.45, 2.75) is 19.8 Å². The summed E-state index contributed by atoms with van der Waals surface area (Å²) in [6.07, 6.45) is 0.589. The molecule has 2 aromatic heterocycles. The number of halogens is 1. The zero-order valence-corrected chi connectivity index (χ0v) is 17.1. The van der Waals surface area contributed by atoms with Gasteiger partial charge in [0, 0.05) is 33.9 Å². The number of hydrogen-bond acceptors (Lipinski definition) is 6. The predicted octanol–water partition coefficient (Wildman–Crippen LogP) is 5.39. The van der Waals surface area contributed by atoms with Gasteiger partial charge in [-0.1, -0.05) is 59.2 Å². The van der Waals surface area contributed by atoms with Gasteiger partial charge in [-0.2, -0.15) is 4.98 Å². The second kappa shape index (κ2) is 8.55. The van der Waals surface area contributed by atoms with Gasteiger partial charge < -0.3 is 9.84 Å². The van der Waals surface area contributed by atoms with Crippen molar-refractivity contribution in [2.75, 3.05) is 5.32 Å². The van der Waals surface area contributed by atoms with Crippen LogP contribution in [0.25, 0.3) is 22.6 Å². The molecule has 0 unspecified atom stereocenters. The van der Waals surface area contributed by atoms with E-state index in [4.69, 9.17) is 16.1 Å². The normalized spacial score (nSPS) is 10.8. The van der Waals surface area contributed by atoms with Gasteiger partial charge in [0.2, 0.25) is 17.6 Å². The number of aromatic nitrogens is 3. The first-order valence-corrected chi connectivity index (χ1v) is 10.2. The lowest BCUT2D eigenvalue weighted by Gasteiger charge is -2.00. The molecule has 8 heteroatoms. The fraction of sp³-hybridized carbons (Fsp3) is 0.143.